The van der Waals surface area contributed by atoms with Gasteiger partial charge in [0.1, 0.15) is 0 Å². The molecule has 122 valence electrons. The first kappa shape index (κ1) is 17.1. The van der Waals surface area contributed by atoms with Crippen LogP contribution in [0.5, 0.6) is 0 Å². The number of rotatable bonds is 5. The summed E-state index contributed by atoms with van der Waals surface area (Å²) in [5, 5.41) is 0. The van der Waals surface area contributed by atoms with E-state index in [1.165, 1.54) is 25.7 Å². The van der Waals surface area contributed by atoms with E-state index < -0.39 is 0 Å². The van der Waals surface area contributed by atoms with Gasteiger partial charge in [-0.2, -0.15) is 0 Å². The summed E-state index contributed by atoms with van der Waals surface area (Å²) in [7, 11) is 0. The van der Waals surface area contributed by atoms with E-state index in [0.29, 0.717) is 11.5 Å². The Kier molecular flexibility index (Phi) is 4.65. The average molecular weight is 293 g/mol. The molecular weight excluding hydrogens is 256 g/mol. The first-order valence-corrected chi connectivity index (χ1v) is 8.96. The maximum Gasteiger partial charge on any atom is 0.0892 e. The minimum atomic E-state index is 0.143. The third kappa shape index (κ3) is 3.23. The molecule has 0 N–H and O–H groups in total. The molecule has 0 amide bonds. The molecule has 0 radical (unpaired) electrons. The van der Waals surface area contributed by atoms with Gasteiger partial charge >= 0.3 is 0 Å². The summed E-state index contributed by atoms with van der Waals surface area (Å²) < 4.78 is 5.75. The van der Waals surface area contributed by atoms with Crippen LogP contribution in [-0.2, 0) is 4.74 Å². The second-order valence-electron chi connectivity index (χ2n) is 8.94. The average Bonchev–Trinajstić information content (AvgIpc) is 2.81. The molecule has 1 unspecified atom stereocenters. The van der Waals surface area contributed by atoms with Crippen molar-refractivity contribution in [1.29, 1.82) is 0 Å². The summed E-state index contributed by atoms with van der Waals surface area (Å²) in [5.41, 5.74) is 4.06. The van der Waals surface area contributed by atoms with Gasteiger partial charge in [-0.1, -0.05) is 45.8 Å². The quantitative estimate of drug-likeness (QED) is 0.448. The fraction of sp³-hybridized carbons (Fsp3) is 0.900. The zero-order valence-corrected chi connectivity index (χ0v) is 15.5. The van der Waals surface area contributed by atoms with Crippen molar-refractivity contribution in [3.8, 4) is 0 Å². The topological polar surface area (TPSA) is 12.5 Å². The Hall–Kier alpha value is -0.300. The van der Waals surface area contributed by atoms with Crippen LogP contribution in [-0.4, -0.2) is 11.7 Å². The molecule has 2 fully saturated rings. The summed E-state index contributed by atoms with van der Waals surface area (Å²) in [6.07, 6.45) is 5.60. The SMILES string of the molecule is C/C(CCC1OC1(C)C)=C1\CC[C@](C)(C(C)C)[C@H]1C(C)C. The summed E-state index contributed by atoms with van der Waals surface area (Å²) >= 11 is 0. The monoisotopic (exact) mass is 292 g/mol. The van der Waals surface area contributed by atoms with E-state index >= 15 is 0 Å². The summed E-state index contributed by atoms with van der Waals surface area (Å²) in [5.74, 6) is 2.28. The van der Waals surface area contributed by atoms with Gasteiger partial charge in [-0.15, -0.1) is 0 Å². The predicted octanol–water partition coefficient (Wildman–Crippen LogP) is 5.99. The number of epoxide rings is 1. The summed E-state index contributed by atoms with van der Waals surface area (Å²) in [6.45, 7) is 19.0. The van der Waals surface area contributed by atoms with Crippen LogP contribution < -0.4 is 0 Å². The van der Waals surface area contributed by atoms with Crippen LogP contribution in [0.2, 0.25) is 0 Å². The van der Waals surface area contributed by atoms with Crippen LogP contribution >= 0.6 is 0 Å². The van der Waals surface area contributed by atoms with Crippen molar-refractivity contribution >= 4 is 0 Å². The number of hydrogen-bond acceptors (Lipinski definition) is 1. The zero-order valence-electron chi connectivity index (χ0n) is 15.5. The maximum atomic E-state index is 5.75. The fourth-order valence-corrected chi connectivity index (χ4v) is 4.65. The fourth-order valence-electron chi connectivity index (χ4n) is 4.65. The third-order valence-electron chi connectivity index (χ3n) is 6.50. The Morgan fingerprint density at radius 2 is 1.76 bits per heavy atom. The van der Waals surface area contributed by atoms with Crippen LogP contribution in [0, 0.1) is 23.2 Å². The lowest BCUT2D eigenvalue weighted by atomic mass is 9.66. The second-order valence-corrected chi connectivity index (χ2v) is 8.94. The van der Waals surface area contributed by atoms with Crippen molar-refractivity contribution in [3.63, 3.8) is 0 Å². The van der Waals surface area contributed by atoms with Crippen molar-refractivity contribution < 1.29 is 4.74 Å². The largest absolute Gasteiger partial charge is 0.367 e. The van der Waals surface area contributed by atoms with Crippen molar-refractivity contribution in [2.75, 3.05) is 0 Å². The lowest BCUT2D eigenvalue weighted by Gasteiger charge is -2.39. The molecule has 0 aromatic heterocycles. The van der Waals surface area contributed by atoms with Gasteiger partial charge in [0.15, 0.2) is 0 Å². The lowest BCUT2D eigenvalue weighted by molar-refractivity contribution is 0.127. The van der Waals surface area contributed by atoms with E-state index in [2.05, 4.69) is 55.4 Å². The van der Waals surface area contributed by atoms with Crippen LogP contribution in [0.15, 0.2) is 11.1 Å². The van der Waals surface area contributed by atoms with E-state index in [9.17, 15) is 0 Å². The molecule has 2 aliphatic rings. The highest BCUT2D eigenvalue weighted by Gasteiger charge is 2.48. The molecule has 2 rings (SSSR count). The van der Waals surface area contributed by atoms with Crippen molar-refractivity contribution in [2.24, 2.45) is 23.2 Å². The highest BCUT2D eigenvalue weighted by molar-refractivity contribution is 5.24. The summed E-state index contributed by atoms with van der Waals surface area (Å²) in [4.78, 5) is 0. The Bertz CT molecular complexity index is 416. The van der Waals surface area contributed by atoms with Gasteiger partial charge in [0, 0.05) is 0 Å². The van der Waals surface area contributed by atoms with Gasteiger partial charge < -0.3 is 4.74 Å². The Balaban J connectivity index is 2.11. The predicted molar refractivity (Wildman–Crippen MR) is 91.4 cm³/mol. The molecule has 1 nitrogen and oxygen atoms in total. The maximum absolute atomic E-state index is 5.75. The first-order chi connectivity index (χ1) is 9.59. The smallest absolute Gasteiger partial charge is 0.0892 e. The van der Waals surface area contributed by atoms with Gasteiger partial charge in [-0.3, -0.25) is 0 Å². The zero-order chi connectivity index (χ0) is 16.0. The molecule has 1 saturated carbocycles. The molecule has 1 saturated heterocycles. The van der Waals surface area contributed by atoms with Crippen molar-refractivity contribution in [2.45, 2.75) is 92.8 Å². The van der Waals surface area contributed by atoms with Gasteiger partial charge in [0.05, 0.1) is 11.7 Å². The molecule has 0 spiro atoms. The van der Waals surface area contributed by atoms with Crippen molar-refractivity contribution in [1.82, 2.24) is 0 Å². The minimum Gasteiger partial charge on any atom is -0.367 e. The highest BCUT2D eigenvalue weighted by atomic mass is 16.6. The molecule has 0 bridgehead atoms. The molecule has 21 heavy (non-hydrogen) atoms. The Morgan fingerprint density at radius 1 is 1.19 bits per heavy atom. The molecular formula is C20H36O. The van der Waals surface area contributed by atoms with Gasteiger partial charge in [-0.05, 0) is 69.6 Å². The molecule has 1 aliphatic heterocycles. The minimum absolute atomic E-state index is 0.143. The van der Waals surface area contributed by atoms with E-state index in [-0.39, 0.29) is 5.60 Å². The molecule has 1 aliphatic carbocycles. The van der Waals surface area contributed by atoms with E-state index in [4.69, 9.17) is 4.74 Å². The summed E-state index contributed by atoms with van der Waals surface area (Å²) in [6, 6.07) is 0. The van der Waals surface area contributed by atoms with E-state index in [1.807, 2.05) is 0 Å². The highest BCUT2D eigenvalue weighted by Crippen LogP contribution is 2.55. The third-order valence-corrected chi connectivity index (χ3v) is 6.50. The standard InChI is InChI=1S/C20H36O/c1-13(2)18-16(11-12-20(18,8)14(3)4)15(5)9-10-17-19(6,7)21-17/h13-14,17-18H,9-12H2,1-8H3/b16-15-/t17?,18-,20+/m0/s1. The molecule has 0 aromatic carbocycles. The second kappa shape index (κ2) is 5.72. The molecule has 3 atom stereocenters. The number of allylic oxidation sites excluding steroid dienone is 2. The van der Waals surface area contributed by atoms with Crippen LogP contribution in [0.1, 0.15) is 81.1 Å². The van der Waals surface area contributed by atoms with Gasteiger partial charge in [-0.25, -0.2) is 0 Å². The van der Waals surface area contributed by atoms with E-state index in [1.54, 1.807) is 11.1 Å². The van der Waals surface area contributed by atoms with Crippen LogP contribution in [0.4, 0.5) is 0 Å². The lowest BCUT2D eigenvalue weighted by Crippen LogP contribution is -2.32. The molecule has 1 heteroatoms. The first-order valence-electron chi connectivity index (χ1n) is 8.96. The normalized spacial score (nSPS) is 37.4. The van der Waals surface area contributed by atoms with Crippen LogP contribution in [0.3, 0.4) is 0 Å². The van der Waals surface area contributed by atoms with Gasteiger partial charge in [0.2, 0.25) is 0 Å². The van der Waals surface area contributed by atoms with Gasteiger partial charge in [0.25, 0.3) is 0 Å². The molecule has 0 aromatic rings. The van der Waals surface area contributed by atoms with Crippen LogP contribution in [0.25, 0.3) is 0 Å². The molecule has 1 heterocycles. The Labute approximate surface area is 132 Å². The Morgan fingerprint density at radius 3 is 2.19 bits per heavy atom. The number of hydrogen-bond donors (Lipinski definition) is 0. The van der Waals surface area contributed by atoms with Crippen molar-refractivity contribution in [3.05, 3.63) is 11.1 Å². The van der Waals surface area contributed by atoms with E-state index in [0.717, 1.165) is 17.8 Å². The number of ether oxygens (including phenoxy) is 1.